The molecule has 37 heavy (non-hydrogen) atoms. The van der Waals surface area contributed by atoms with Crippen LogP contribution in [0.5, 0.6) is 17.2 Å². The van der Waals surface area contributed by atoms with Gasteiger partial charge in [-0.2, -0.15) is 0 Å². The van der Waals surface area contributed by atoms with Crippen LogP contribution in [-0.4, -0.2) is 29.0 Å². The number of nitrogens with zero attached hydrogens (tertiary/aromatic N) is 3. The molecule has 1 heterocycles. The summed E-state index contributed by atoms with van der Waals surface area (Å²) in [6, 6.07) is 34.1. The lowest BCUT2D eigenvalue weighted by Gasteiger charge is -2.15. The fraction of sp³-hybridized carbons (Fsp3) is 0.133. The fourth-order valence-corrected chi connectivity index (χ4v) is 4.92. The van der Waals surface area contributed by atoms with Crippen LogP contribution in [0.1, 0.15) is 11.4 Å². The summed E-state index contributed by atoms with van der Waals surface area (Å²) in [5.74, 6) is 3.77. The molecule has 7 heteroatoms. The summed E-state index contributed by atoms with van der Waals surface area (Å²) in [4.78, 5) is 0. The molecule has 0 fully saturated rings. The highest BCUT2D eigenvalue weighted by Crippen LogP contribution is 2.33. The predicted molar refractivity (Wildman–Crippen MR) is 147 cm³/mol. The highest BCUT2D eigenvalue weighted by molar-refractivity contribution is 7.98. The van der Waals surface area contributed by atoms with E-state index in [1.54, 1.807) is 26.0 Å². The van der Waals surface area contributed by atoms with Crippen molar-refractivity contribution in [3.8, 4) is 34.1 Å². The third-order valence-corrected chi connectivity index (χ3v) is 6.88. The summed E-state index contributed by atoms with van der Waals surface area (Å²) >= 11 is 1.61. The first-order valence-corrected chi connectivity index (χ1v) is 12.9. The van der Waals surface area contributed by atoms with Gasteiger partial charge in [-0.15, -0.1) is 10.2 Å². The van der Waals surface area contributed by atoms with Gasteiger partial charge in [0.15, 0.2) is 11.0 Å². The molecule has 0 aliphatic carbocycles. The highest BCUT2D eigenvalue weighted by Gasteiger charge is 2.19. The molecule has 0 aliphatic rings. The van der Waals surface area contributed by atoms with Crippen LogP contribution in [-0.2, 0) is 12.4 Å². The Morgan fingerprint density at radius 1 is 0.703 bits per heavy atom. The number of rotatable bonds is 10. The molecule has 5 rings (SSSR count). The number of hydrogen-bond acceptors (Lipinski definition) is 6. The molecular formula is C30H27N3O3S. The zero-order valence-corrected chi connectivity index (χ0v) is 21.5. The third-order valence-electron chi connectivity index (χ3n) is 5.88. The Balaban J connectivity index is 1.44. The van der Waals surface area contributed by atoms with E-state index in [-0.39, 0.29) is 6.61 Å². The smallest absolute Gasteiger partial charge is 0.196 e. The molecule has 0 N–H and O–H groups in total. The molecule has 0 unspecified atom stereocenters. The van der Waals surface area contributed by atoms with E-state index in [0.29, 0.717) is 5.82 Å². The van der Waals surface area contributed by atoms with Gasteiger partial charge in [0.05, 0.1) is 19.9 Å². The van der Waals surface area contributed by atoms with Crippen LogP contribution in [0.25, 0.3) is 16.8 Å². The first-order valence-electron chi connectivity index (χ1n) is 11.9. The average molecular weight is 510 g/mol. The maximum absolute atomic E-state index is 6.33. The van der Waals surface area contributed by atoms with Crippen LogP contribution < -0.4 is 14.2 Å². The number of ether oxygens (including phenoxy) is 3. The third kappa shape index (κ3) is 5.62. The van der Waals surface area contributed by atoms with Gasteiger partial charge in [0.2, 0.25) is 0 Å². The monoisotopic (exact) mass is 509 g/mol. The Labute approximate surface area is 220 Å². The normalized spacial score (nSPS) is 10.8. The summed E-state index contributed by atoms with van der Waals surface area (Å²) < 4.78 is 19.3. The molecular weight excluding hydrogens is 482 g/mol. The minimum atomic E-state index is 0.248. The molecule has 1 aromatic heterocycles. The van der Waals surface area contributed by atoms with Gasteiger partial charge in [-0.1, -0.05) is 84.6 Å². The van der Waals surface area contributed by atoms with Gasteiger partial charge in [0.25, 0.3) is 0 Å². The molecule has 0 amide bonds. The van der Waals surface area contributed by atoms with E-state index in [0.717, 1.165) is 50.5 Å². The summed E-state index contributed by atoms with van der Waals surface area (Å²) in [7, 11) is 3.33. The van der Waals surface area contributed by atoms with Crippen LogP contribution in [0.3, 0.4) is 0 Å². The van der Waals surface area contributed by atoms with Crippen LogP contribution in [0.15, 0.2) is 108 Å². The standard InChI is InChI=1S/C30H27N3O3S/c1-34-24-18-16-22(17-19-24)21-37-30-32-31-29(33(30)26-13-7-9-15-28(26)35-2)20-36-27-14-8-6-12-25(27)23-10-4-3-5-11-23/h3-19H,20-21H2,1-2H3. The molecule has 0 saturated carbocycles. The summed E-state index contributed by atoms with van der Waals surface area (Å²) in [5, 5.41) is 9.80. The second-order valence-electron chi connectivity index (χ2n) is 8.19. The average Bonchev–Trinajstić information content (AvgIpc) is 3.38. The minimum Gasteiger partial charge on any atom is -0.497 e. The zero-order valence-electron chi connectivity index (χ0n) is 20.7. The number of para-hydroxylation sites is 3. The molecule has 6 nitrogen and oxygen atoms in total. The van der Waals surface area contributed by atoms with Crippen LogP contribution >= 0.6 is 11.8 Å². The number of hydrogen-bond donors (Lipinski definition) is 0. The van der Waals surface area contributed by atoms with Crippen molar-refractivity contribution in [1.29, 1.82) is 0 Å². The molecule has 0 saturated heterocycles. The van der Waals surface area contributed by atoms with Crippen molar-refractivity contribution in [2.24, 2.45) is 0 Å². The van der Waals surface area contributed by atoms with Crippen molar-refractivity contribution in [2.75, 3.05) is 14.2 Å². The van der Waals surface area contributed by atoms with Crippen molar-refractivity contribution in [3.05, 3.63) is 115 Å². The Kier molecular flexibility index (Phi) is 7.72. The maximum Gasteiger partial charge on any atom is 0.196 e. The fourth-order valence-electron chi connectivity index (χ4n) is 4.00. The number of aromatic nitrogens is 3. The number of thioether (sulfide) groups is 1. The Bertz CT molecular complexity index is 1450. The molecule has 0 spiro atoms. The van der Waals surface area contributed by atoms with Crippen LogP contribution in [0.4, 0.5) is 0 Å². The Morgan fingerprint density at radius 2 is 1.41 bits per heavy atom. The Morgan fingerprint density at radius 3 is 2.16 bits per heavy atom. The van der Waals surface area contributed by atoms with E-state index < -0.39 is 0 Å². The van der Waals surface area contributed by atoms with Crippen molar-refractivity contribution < 1.29 is 14.2 Å². The predicted octanol–water partition coefficient (Wildman–Crippen LogP) is 6.82. The summed E-state index contributed by atoms with van der Waals surface area (Å²) in [5.41, 5.74) is 4.15. The van der Waals surface area contributed by atoms with E-state index in [9.17, 15) is 0 Å². The van der Waals surface area contributed by atoms with Gasteiger partial charge in [-0.05, 0) is 41.5 Å². The maximum atomic E-state index is 6.33. The quantitative estimate of drug-likeness (QED) is 0.193. The largest absolute Gasteiger partial charge is 0.497 e. The van der Waals surface area contributed by atoms with E-state index in [1.807, 2.05) is 77.4 Å². The lowest BCUT2D eigenvalue weighted by Crippen LogP contribution is -2.08. The van der Waals surface area contributed by atoms with Gasteiger partial charge in [0.1, 0.15) is 23.9 Å². The van der Waals surface area contributed by atoms with Crippen molar-refractivity contribution in [2.45, 2.75) is 17.5 Å². The van der Waals surface area contributed by atoms with Crippen molar-refractivity contribution in [1.82, 2.24) is 14.8 Å². The lowest BCUT2D eigenvalue weighted by atomic mass is 10.1. The molecule has 0 bridgehead atoms. The molecule has 0 atom stereocenters. The summed E-state index contributed by atoms with van der Waals surface area (Å²) in [6.45, 7) is 0.248. The van der Waals surface area contributed by atoms with Gasteiger partial charge in [-0.25, -0.2) is 0 Å². The Hall–Kier alpha value is -4.23. The second kappa shape index (κ2) is 11.7. The molecule has 0 radical (unpaired) electrons. The number of methoxy groups -OCH3 is 2. The number of benzene rings is 4. The molecule has 4 aromatic carbocycles. The molecule has 186 valence electrons. The van der Waals surface area contributed by atoms with Gasteiger partial charge < -0.3 is 14.2 Å². The molecule has 0 aliphatic heterocycles. The molecule has 5 aromatic rings. The highest BCUT2D eigenvalue weighted by atomic mass is 32.2. The van der Waals surface area contributed by atoms with Crippen molar-refractivity contribution in [3.63, 3.8) is 0 Å². The second-order valence-corrected chi connectivity index (χ2v) is 9.14. The van der Waals surface area contributed by atoms with E-state index >= 15 is 0 Å². The zero-order chi connectivity index (χ0) is 25.5. The SMILES string of the molecule is COc1ccc(CSc2nnc(COc3ccccc3-c3ccccc3)n2-c2ccccc2OC)cc1. The lowest BCUT2D eigenvalue weighted by molar-refractivity contribution is 0.293. The van der Waals surface area contributed by atoms with Gasteiger partial charge >= 0.3 is 0 Å². The first-order chi connectivity index (χ1) is 18.3. The van der Waals surface area contributed by atoms with Gasteiger partial charge in [0, 0.05) is 11.3 Å². The minimum absolute atomic E-state index is 0.248. The topological polar surface area (TPSA) is 58.4 Å². The van der Waals surface area contributed by atoms with E-state index in [1.165, 1.54) is 0 Å². The summed E-state index contributed by atoms with van der Waals surface area (Å²) in [6.07, 6.45) is 0. The van der Waals surface area contributed by atoms with Crippen LogP contribution in [0, 0.1) is 0 Å². The first kappa shape index (κ1) is 24.5. The van der Waals surface area contributed by atoms with Gasteiger partial charge in [-0.3, -0.25) is 4.57 Å². The van der Waals surface area contributed by atoms with E-state index in [2.05, 4.69) is 40.5 Å². The van der Waals surface area contributed by atoms with E-state index in [4.69, 9.17) is 14.2 Å². The van der Waals surface area contributed by atoms with Crippen LogP contribution in [0.2, 0.25) is 0 Å². The van der Waals surface area contributed by atoms with Crippen molar-refractivity contribution >= 4 is 11.8 Å².